The number of anilines is 3. The maximum absolute atomic E-state index is 12.6. The van der Waals surface area contributed by atoms with Crippen molar-refractivity contribution in [3.8, 4) is 5.75 Å². The molecule has 4 rings (SSSR count). The number of nitrogens with one attached hydrogen (secondary N) is 2. The van der Waals surface area contributed by atoms with Crippen molar-refractivity contribution in [2.75, 3.05) is 29.0 Å². The van der Waals surface area contributed by atoms with Crippen LogP contribution < -0.4 is 26.0 Å². The minimum atomic E-state index is -4.78. The number of hydrogen-bond acceptors (Lipinski definition) is 8. The summed E-state index contributed by atoms with van der Waals surface area (Å²) in [5, 5.41) is 6.11. The van der Waals surface area contributed by atoms with Crippen molar-refractivity contribution in [1.82, 2.24) is 20.3 Å². The summed E-state index contributed by atoms with van der Waals surface area (Å²) in [5.41, 5.74) is 6.24. The van der Waals surface area contributed by atoms with Gasteiger partial charge in [-0.15, -0.1) is 13.2 Å². The van der Waals surface area contributed by atoms with E-state index in [2.05, 4.69) is 35.2 Å². The number of rotatable bonds is 8. The smallest absolute Gasteiger partial charge is 0.405 e. The number of carbonyl (C=O) groups is 1. The molecule has 0 radical (unpaired) electrons. The van der Waals surface area contributed by atoms with E-state index in [0.717, 1.165) is 51.6 Å². The molecule has 2 aromatic rings. The molecule has 0 spiro atoms. The third kappa shape index (κ3) is 8.36. The fourth-order valence-electron chi connectivity index (χ4n) is 4.95. The fraction of sp³-hybridized carbons (Fsp3) is 0.600. The molecule has 0 bridgehead atoms. The number of nitrogens with zero attached hydrogens (tertiary/aromatic N) is 4. The number of carbonyl (C=O) groups excluding carboxylic acids is 1. The van der Waals surface area contributed by atoms with Gasteiger partial charge in [0.25, 0.3) is 0 Å². The number of nitrogen functional groups attached to an aromatic ring is 1. The average Bonchev–Trinajstić information content (AvgIpc) is 3.13. The van der Waals surface area contributed by atoms with Crippen molar-refractivity contribution in [3.63, 3.8) is 0 Å². The van der Waals surface area contributed by atoms with Crippen LogP contribution in [0.3, 0.4) is 0 Å². The minimum Gasteiger partial charge on any atom is -0.405 e. The van der Waals surface area contributed by atoms with E-state index in [1.165, 1.54) is 31.0 Å². The number of para-hydroxylation sites is 1. The Balaban J connectivity index is 1.23. The van der Waals surface area contributed by atoms with Crippen molar-refractivity contribution >= 4 is 23.8 Å². The van der Waals surface area contributed by atoms with Crippen LogP contribution in [-0.4, -0.2) is 46.4 Å². The molecule has 1 saturated heterocycles. The zero-order valence-electron chi connectivity index (χ0n) is 20.8. The summed E-state index contributed by atoms with van der Waals surface area (Å²) in [6.07, 6.45) is 3.58. The highest BCUT2D eigenvalue weighted by Crippen LogP contribution is 2.29. The fourth-order valence-corrected chi connectivity index (χ4v) is 4.95. The van der Waals surface area contributed by atoms with Crippen LogP contribution in [0.4, 0.5) is 31.0 Å². The standard InChI is InChI=1S/C25H34F3N7O2/c26-25(27,28)37-20-8-4-3-7-18(20)16-30-21(36)15-17-9-11-19(12-10-17)31-23-32-22(29)33-24(34-23)35-13-5-1-2-6-14-35/h3-4,7-8,17,19H,1-2,5-6,9-16H2,(H,30,36)(H3,29,31,32,33,34). The lowest BCUT2D eigenvalue weighted by Gasteiger charge is -2.29. The molecule has 1 aliphatic heterocycles. The van der Waals surface area contributed by atoms with Crippen molar-refractivity contribution < 1.29 is 22.7 Å². The maximum atomic E-state index is 12.6. The molecule has 9 nitrogen and oxygen atoms in total. The second-order valence-corrected chi connectivity index (χ2v) is 9.72. The summed E-state index contributed by atoms with van der Waals surface area (Å²) in [7, 11) is 0. The van der Waals surface area contributed by atoms with Gasteiger partial charge in [0, 0.05) is 37.7 Å². The quantitative estimate of drug-likeness (QED) is 0.468. The minimum absolute atomic E-state index is 0.0257. The number of benzene rings is 1. The highest BCUT2D eigenvalue weighted by molar-refractivity contribution is 5.76. The van der Waals surface area contributed by atoms with Crippen molar-refractivity contribution in [2.24, 2.45) is 5.92 Å². The Kier molecular flexibility index (Phi) is 8.88. The molecule has 2 fully saturated rings. The van der Waals surface area contributed by atoms with Gasteiger partial charge in [-0.3, -0.25) is 4.79 Å². The van der Waals surface area contributed by atoms with Gasteiger partial charge in [0.1, 0.15) is 5.75 Å². The van der Waals surface area contributed by atoms with Crippen LogP contribution in [0.5, 0.6) is 5.75 Å². The SMILES string of the molecule is Nc1nc(NC2CCC(CC(=O)NCc3ccccc3OC(F)(F)F)CC2)nc(N2CCCCCC2)n1. The van der Waals surface area contributed by atoms with Gasteiger partial charge in [-0.1, -0.05) is 31.0 Å². The first kappa shape index (κ1) is 26.7. The largest absolute Gasteiger partial charge is 0.573 e. The molecule has 2 heterocycles. The summed E-state index contributed by atoms with van der Waals surface area (Å²) in [6.45, 7) is 1.80. The van der Waals surface area contributed by atoms with Crippen molar-refractivity contribution in [1.29, 1.82) is 0 Å². The van der Waals surface area contributed by atoms with Crippen LogP contribution in [0, 0.1) is 5.92 Å². The van der Waals surface area contributed by atoms with Gasteiger partial charge in [-0.05, 0) is 50.5 Å². The first-order valence-corrected chi connectivity index (χ1v) is 12.9. The van der Waals surface area contributed by atoms with Crippen LogP contribution in [0.15, 0.2) is 24.3 Å². The zero-order chi connectivity index (χ0) is 26.3. The first-order valence-electron chi connectivity index (χ1n) is 12.9. The van der Waals surface area contributed by atoms with Crippen molar-refractivity contribution in [3.05, 3.63) is 29.8 Å². The Bertz CT molecular complexity index is 1040. The Morgan fingerprint density at radius 3 is 2.43 bits per heavy atom. The van der Waals surface area contributed by atoms with Gasteiger partial charge in [0.15, 0.2) is 0 Å². The molecule has 0 atom stereocenters. The molecule has 12 heteroatoms. The molecule has 1 saturated carbocycles. The summed E-state index contributed by atoms with van der Waals surface area (Å²) in [6, 6.07) is 5.98. The molecule has 0 unspecified atom stereocenters. The van der Waals surface area contributed by atoms with Gasteiger partial charge < -0.3 is 26.0 Å². The van der Waals surface area contributed by atoms with E-state index in [4.69, 9.17) is 5.73 Å². The van der Waals surface area contributed by atoms with E-state index >= 15 is 0 Å². The summed E-state index contributed by atoms with van der Waals surface area (Å²) < 4.78 is 41.9. The second kappa shape index (κ2) is 12.3. The molecule has 37 heavy (non-hydrogen) atoms. The molecular formula is C25H34F3N7O2. The highest BCUT2D eigenvalue weighted by atomic mass is 19.4. The first-order chi connectivity index (χ1) is 17.7. The van der Waals surface area contributed by atoms with Crippen LogP contribution in [0.25, 0.3) is 0 Å². The summed E-state index contributed by atoms with van der Waals surface area (Å²) >= 11 is 0. The number of aromatic nitrogens is 3. The molecule has 2 aliphatic rings. The summed E-state index contributed by atoms with van der Waals surface area (Å²) in [5.74, 6) is 1.00. The molecule has 4 N–H and O–H groups in total. The van der Waals surface area contributed by atoms with E-state index in [9.17, 15) is 18.0 Å². The molecule has 1 aromatic carbocycles. The normalized spacial score (nSPS) is 20.7. The lowest BCUT2D eigenvalue weighted by molar-refractivity contribution is -0.274. The van der Waals surface area contributed by atoms with Crippen LogP contribution in [0.2, 0.25) is 0 Å². The maximum Gasteiger partial charge on any atom is 0.573 e. The molecule has 1 amide bonds. The van der Waals surface area contributed by atoms with Crippen LogP contribution in [0.1, 0.15) is 63.4 Å². The monoisotopic (exact) mass is 521 g/mol. The Morgan fingerprint density at radius 1 is 1.03 bits per heavy atom. The molecule has 1 aliphatic carbocycles. The molecular weight excluding hydrogens is 487 g/mol. The number of hydrogen-bond donors (Lipinski definition) is 3. The van der Waals surface area contributed by atoms with Gasteiger partial charge in [0.2, 0.25) is 23.8 Å². The van der Waals surface area contributed by atoms with Gasteiger partial charge in [0.05, 0.1) is 0 Å². The molecule has 1 aromatic heterocycles. The van der Waals surface area contributed by atoms with E-state index in [1.54, 1.807) is 6.07 Å². The predicted molar refractivity (Wildman–Crippen MR) is 134 cm³/mol. The highest BCUT2D eigenvalue weighted by Gasteiger charge is 2.32. The summed E-state index contributed by atoms with van der Waals surface area (Å²) in [4.78, 5) is 27.8. The second-order valence-electron chi connectivity index (χ2n) is 9.72. The van der Waals surface area contributed by atoms with Gasteiger partial charge >= 0.3 is 6.36 Å². The Hall–Kier alpha value is -3.31. The number of halogens is 3. The number of amides is 1. The average molecular weight is 522 g/mol. The Morgan fingerprint density at radius 2 is 1.73 bits per heavy atom. The van der Waals surface area contributed by atoms with Crippen LogP contribution in [-0.2, 0) is 11.3 Å². The van der Waals surface area contributed by atoms with E-state index < -0.39 is 6.36 Å². The predicted octanol–water partition coefficient (Wildman–Crippen LogP) is 4.41. The number of ether oxygens (including phenoxy) is 1. The topological polar surface area (TPSA) is 118 Å². The third-order valence-electron chi connectivity index (χ3n) is 6.86. The molecule has 202 valence electrons. The number of alkyl halides is 3. The zero-order valence-corrected chi connectivity index (χ0v) is 20.8. The van der Waals surface area contributed by atoms with Crippen LogP contribution >= 0.6 is 0 Å². The van der Waals surface area contributed by atoms with Gasteiger partial charge in [-0.25, -0.2) is 0 Å². The lowest BCUT2D eigenvalue weighted by Crippen LogP contribution is -2.31. The van der Waals surface area contributed by atoms with E-state index in [1.807, 2.05) is 0 Å². The van der Waals surface area contributed by atoms with Gasteiger partial charge in [-0.2, -0.15) is 15.0 Å². The van der Waals surface area contributed by atoms with E-state index in [0.29, 0.717) is 18.3 Å². The van der Waals surface area contributed by atoms with E-state index in [-0.39, 0.29) is 41.7 Å². The lowest BCUT2D eigenvalue weighted by atomic mass is 9.84. The third-order valence-corrected chi connectivity index (χ3v) is 6.86. The number of nitrogens with two attached hydrogens (primary N) is 1. The Labute approximate surface area is 214 Å². The van der Waals surface area contributed by atoms with Crippen molar-refractivity contribution in [2.45, 2.75) is 76.7 Å².